The van der Waals surface area contributed by atoms with Crippen molar-refractivity contribution < 1.29 is 32.2 Å². The molecule has 0 atom stereocenters. The number of nitrogens with zero attached hydrogens (tertiary/aromatic N) is 1. The van der Waals surface area contributed by atoms with Crippen molar-refractivity contribution in [1.29, 1.82) is 0 Å². The number of anilines is 1. The van der Waals surface area contributed by atoms with Gasteiger partial charge in [0.05, 0.1) is 0 Å². The third kappa shape index (κ3) is 2.60. The highest BCUT2D eigenvalue weighted by Crippen LogP contribution is 2.39. The van der Waals surface area contributed by atoms with Crippen LogP contribution in [0.2, 0.25) is 0 Å². The van der Waals surface area contributed by atoms with Crippen LogP contribution in [0, 0.1) is 5.82 Å². The minimum atomic E-state index is -4.27. The Bertz CT molecular complexity index is 959. The smallest absolute Gasteiger partial charge is 0.326 e. The van der Waals surface area contributed by atoms with Crippen molar-refractivity contribution >= 4 is 38.9 Å². The Morgan fingerprint density at radius 3 is 2.75 bits per heavy atom. The predicted molar refractivity (Wildman–Crippen MR) is 81.5 cm³/mol. The first-order chi connectivity index (χ1) is 11.3. The first kappa shape index (κ1) is 16.0. The van der Waals surface area contributed by atoms with E-state index in [1.165, 1.54) is 24.3 Å². The van der Waals surface area contributed by atoms with Gasteiger partial charge in [-0.3, -0.25) is 9.59 Å². The Labute approximate surface area is 135 Å². The van der Waals surface area contributed by atoms with Crippen molar-refractivity contribution in [3.05, 3.63) is 30.1 Å². The van der Waals surface area contributed by atoms with Crippen molar-refractivity contribution in [2.24, 2.45) is 0 Å². The van der Waals surface area contributed by atoms with Gasteiger partial charge in [-0.1, -0.05) is 6.07 Å². The van der Waals surface area contributed by atoms with Gasteiger partial charge < -0.3 is 9.84 Å². The molecule has 2 aromatic carbocycles. The van der Waals surface area contributed by atoms with E-state index < -0.39 is 39.9 Å². The molecule has 1 saturated heterocycles. The summed E-state index contributed by atoms with van der Waals surface area (Å²) >= 11 is 0. The molecule has 0 saturated carbocycles. The van der Waals surface area contributed by atoms with Gasteiger partial charge in [0.1, 0.15) is 30.3 Å². The number of hydrogen-bond acceptors (Lipinski definition) is 6. The zero-order chi connectivity index (χ0) is 17.5. The molecule has 1 aliphatic rings. The van der Waals surface area contributed by atoms with E-state index in [0.29, 0.717) is 16.0 Å². The fourth-order valence-corrected chi connectivity index (χ4v) is 3.57. The molecule has 8 nitrogen and oxygen atoms in total. The maximum Gasteiger partial charge on any atom is 0.326 e. The highest BCUT2D eigenvalue weighted by Gasteiger charge is 2.37. The summed E-state index contributed by atoms with van der Waals surface area (Å²) in [6, 6.07) is 5.37. The Morgan fingerprint density at radius 1 is 1.38 bits per heavy atom. The number of fused-ring (bicyclic) bond motifs is 1. The van der Waals surface area contributed by atoms with Crippen LogP contribution in [0.4, 0.5) is 10.1 Å². The average Bonchev–Trinajstić information content (AvgIpc) is 2.78. The highest BCUT2D eigenvalue weighted by atomic mass is 32.2. The molecule has 1 amide bonds. The Morgan fingerprint density at radius 2 is 2.12 bits per heavy atom. The van der Waals surface area contributed by atoms with Gasteiger partial charge in [-0.05, 0) is 23.6 Å². The second-order valence-electron chi connectivity index (χ2n) is 4.96. The molecule has 1 aliphatic heterocycles. The molecule has 1 fully saturated rings. The van der Waals surface area contributed by atoms with E-state index in [1.807, 2.05) is 0 Å². The van der Waals surface area contributed by atoms with Crippen LogP contribution in [-0.2, 0) is 19.8 Å². The summed E-state index contributed by atoms with van der Waals surface area (Å²) in [5, 5.41) is 10.3. The number of phenols is 1. The molecule has 2 aromatic rings. The fraction of sp³-hybridized carbons (Fsp3) is 0.143. The van der Waals surface area contributed by atoms with Gasteiger partial charge in [-0.2, -0.15) is 8.42 Å². The van der Waals surface area contributed by atoms with Gasteiger partial charge in [0.15, 0.2) is 12.1 Å². The number of ether oxygens (including phenoxy) is 1. The number of nitrogens with one attached hydrogen (secondary N) is 1. The first-order valence-corrected chi connectivity index (χ1v) is 8.12. The van der Waals surface area contributed by atoms with E-state index in [9.17, 15) is 27.5 Å². The summed E-state index contributed by atoms with van der Waals surface area (Å²) in [6.45, 7) is -0.864. The number of halogens is 1. The topological polar surface area (TPSA) is 113 Å². The molecule has 3 rings (SSSR count). The van der Waals surface area contributed by atoms with E-state index in [1.54, 1.807) is 4.72 Å². The average molecular weight is 354 g/mol. The third-order valence-electron chi connectivity index (χ3n) is 3.39. The molecular formula is C14H11FN2O6S. The zero-order valence-electron chi connectivity index (χ0n) is 12.0. The molecule has 24 heavy (non-hydrogen) atoms. The number of carbonyl (C=O) groups is 2. The van der Waals surface area contributed by atoms with Gasteiger partial charge in [0.25, 0.3) is 5.91 Å². The van der Waals surface area contributed by atoms with Crippen LogP contribution in [0.5, 0.6) is 11.5 Å². The number of amides is 1. The van der Waals surface area contributed by atoms with Crippen LogP contribution < -0.4 is 13.8 Å². The van der Waals surface area contributed by atoms with E-state index >= 15 is 0 Å². The maximum atomic E-state index is 14.8. The van der Waals surface area contributed by atoms with Crippen molar-refractivity contribution in [2.45, 2.75) is 0 Å². The Hall–Kier alpha value is -2.88. The van der Waals surface area contributed by atoms with Crippen molar-refractivity contribution in [3.8, 4) is 11.5 Å². The van der Waals surface area contributed by atoms with Crippen molar-refractivity contribution in [2.75, 3.05) is 17.5 Å². The standard InChI is InChI=1S/C14H11FN2O6S/c15-13-10-6-9(23-4-3-18)2-1-8(10)5-11(19)14(13)17-7-12(20)16-24(17,21)22/h1-3,5-6,19H,4,7H2,(H,16,20). The van der Waals surface area contributed by atoms with Crippen molar-refractivity contribution in [3.63, 3.8) is 0 Å². The molecular weight excluding hydrogens is 343 g/mol. The molecule has 0 aliphatic carbocycles. The number of aromatic hydroxyl groups is 1. The van der Waals surface area contributed by atoms with E-state index in [0.717, 1.165) is 0 Å². The maximum absolute atomic E-state index is 14.8. The Kier molecular flexibility index (Phi) is 3.76. The van der Waals surface area contributed by atoms with E-state index in [-0.39, 0.29) is 17.7 Å². The number of aldehydes is 1. The van der Waals surface area contributed by atoms with Crippen molar-refractivity contribution in [1.82, 2.24) is 4.72 Å². The molecule has 126 valence electrons. The van der Waals surface area contributed by atoms with Crippen LogP contribution in [-0.4, -0.2) is 38.9 Å². The minimum Gasteiger partial charge on any atom is -0.506 e. The van der Waals surface area contributed by atoms with Crippen LogP contribution >= 0.6 is 0 Å². The van der Waals surface area contributed by atoms with Gasteiger partial charge in [-0.25, -0.2) is 13.4 Å². The fourth-order valence-electron chi connectivity index (χ4n) is 2.41. The summed E-state index contributed by atoms with van der Waals surface area (Å²) in [5.74, 6) is -2.29. The number of carbonyl (C=O) groups excluding carboxylic acids is 2. The van der Waals surface area contributed by atoms with E-state index in [2.05, 4.69) is 0 Å². The largest absolute Gasteiger partial charge is 0.506 e. The Balaban J connectivity index is 2.18. The molecule has 0 unspecified atom stereocenters. The lowest BCUT2D eigenvalue weighted by Gasteiger charge is -2.18. The molecule has 0 spiro atoms. The predicted octanol–water partition coefficient (Wildman–Crippen LogP) is 0.443. The van der Waals surface area contributed by atoms with Crippen LogP contribution in [0.15, 0.2) is 24.3 Å². The number of benzene rings is 2. The van der Waals surface area contributed by atoms with Gasteiger partial charge in [-0.15, -0.1) is 0 Å². The highest BCUT2D eigenvalue weighted by molar-refractivity contribution is 7.92. The minimum absolute atomic E-state index is 0.0271. The summed E-state index contributed by atoms with van der Waals surface area (Å²) in [7, 11) is -4.27. The summed E-state index contributed by atoms with van der Waals surface area (Å²) in [6.07, 6.45) is 0.525. The molecule has 10 heteroatoms. The summed E-state index contributed by atoms with van der Waals surface area (Å²) in [4.78, 5) is 21.7. The SMILES string of the molecule is O=CCOc1ccc2cc(O)c(N3CC(=O)NS3(=O)=O)c(F)c2c1. The lowest BCUT2D eigenvalue weighted by Crippen LogP contribution is -2.30. The summed E-state index contributed by atoms with van der Waals surface area (Å²) in [5.41, 5.74) is -0.631. The second kappa shape index (κ2) is 5.64. The first-order valence-electron chi connectivity index (χ1n) is 6.68. The number of hydrogen-bond donors (Lipinski definition) is 2. The quantitative estimate of drug-likeness (QED) is 0.771. The second-order valence-corrected chi connectivity index (χ2v) is 6.55. The lowest BCUT2D eigenvalue weighted by atomic mass is 10.1. The van der Waals surface area contributed by atoms with Crippen LogP contribution in [0.1, 0.15) is 0 Å². The van der Waals surface area contributed by atoms with E-state index in [4.69, 9.17) is 4.74 Å². The normalized spacial score (nSPS) is 16.2. The molecule has 0 aromatic heterocycles. The lowest BCUT2D eigenvalue weighted by molar-refractivity contribution is -0.117. The molecule has 0 radical (unpaired) electrons. The zero-order valence-corrected chi connectivity index (χ0v) is 12.8. The number of phenolic OH excluding ortho intramolecular Hbond substituents is 1. The molecule has 0 bridgehead atoms. The molecule has 1 heterocycles. The summed E-state index contributed by atoms with van der Waals surface area (Å²) < 4.78 is 45.8. The number of rotatable bonds is 4. The third-order valence-corrected chi connectivity index (χ3v) is 4.77. The van der Waals surface area contributed by atoms with Gasteiger partial charge >= 0.3 is 10.2 Å². The monoisotopic (exact) mass is 354 g/mol. The van der Waals surface area contributed by atoms with Crippen LogP contribution in [0.25, 0.3) is 10.8 Å². The van der Waals surface area contributed by atoms with Crippen LogP contribution in [0.3, 0.4) is 0 Å². The molecule has 2 N–H and O–H groups in total. The van der Waals surface area contributed by atoms with Gasteiger partial charge in [0.2, 0.25) is 0 Å². The van der Waals surface area contributed by atoms with Gasteiger partial charge in [0, 0.05) is 5.39 Å².